The fourth-order valence-electron chi connectivity index (χ4n) is 8.58. The summed E-state index contributed by atoms with van der Waals surface area (Å²) in [5.74, 6) is 0.297. The van der Waals surface area contributed by atoms with Gasteiger partial charge in [0.1, 0.15) is 17.9 Å². The van der Waals surface area contributed by atoms with E-state index in [1.54, 1.807) is 23.2 Å². The van der Waals surface area contributed by atoms with Crippen molar-refractivity contribution in [3.05, 3.63) is 83.0 Å². The standard InChI is InChI=1S/C40H41N9O6/c1-23-15-25(19-41-37(23)55-27-18-40(2)22-42-35-32(49(40)21-27)17-30(44-45-35)28-5-3-4-6-33(28)50)38(53)47-13-11-46(12-14-47)26-8-7-24-20-48(39(54)29(24)16-26)31-9-10-34(51)43-36(31)52/h3-8,15-17,19,27,31,50H,9-14,18,20-22H2,1-2H3,(H,42,45)(H,43,51,52)/t27?,31-,40-/m0/s1. The Kier molecular flexibility index (Phi) is 8.31. The average Bonchev–Trinajstić information content (AvgIpc) is 3.70. The number of anilines is 3. The highest BCUT2D eigenvalue weighted by molar-refractivity contribution is 6.05. The number of ether oxygens (including phenoxy) is 1. The zero-order valence-corrected chi connectivity index (χ0v) is 30.6. The zero-order chi connectivity index (χ0) is 38.0. The van der Waals surface area contributed by atoms with E-state index < -0.39 is 11.9 Å². The first-order chi connectivity index (χ1) is 26.5. The molecule has 1 unspecified atom stereocenters. The van der Waals surface area contributed by atoms with Gasteiger partial charge in [0.2, 0.25) is 17.7 Å². The van der Waals surface area contributed by atoms with Crippen molar-refractivity contribution in [2.24, 2.45) is 0 Å². The van der Waals surface area contributed by atoms with Crippen LogP contribution >= 0.6 is 0 Å². The Labute approximate surface area is 317 Å². The topological polar surface area (TPSA) is 173 Å². The Morgan fingerprint density at radius 2 is 1.82 bits per heavy atom. The van der Waals surface area contributed by atoms with Gasteiger partial charge in [-0.3, -0.25) is 24.5 Å². The lowest BCUT2D eigenvalue weighted by Crippen LogP contribution is -2.52. The molecule has 15 nitrogen and oxygen atoms in total. The van der Waals surface area contributed by atoms with Gasteiger partial charge in [-0.1, -0.05) is 18.2 Å². The van der Waals surface area contributed by atoms with E-state index in [0.29, 0.717) is 86.3 Å². The fraction of sp³-hybridized carbons (Fsp3) is 0.375. The molecule has 0 saturated carbocycles. The molecular weight excluding hydrogens is 702 g/mol. The summed E-state index contributed by atoms with van der Waals surface area (Å²) in [6.45, 7) is 7.92. The molecule has 9 rings (SSSR count). The van der Waals surface area contributed by atoms with E-state index in [1.807, 2.05) is 54.3 Å². The number of nitrogens with zero attached hydrogens (tertiary/aromatic N) is 7. The van der Waals surface area contributed by atoms with Gasteiger partial charge in [-0.05, 0) is 62.2 Å². The van der Waals surface area contributed by atoms with Crippen molar-refractivity contribution in [2.45, 2.75) is 57.3 Å². The number of fused-ring (bicyclic) bond motifs is 4. The summed E-state index contributed by atoms with van der Waals surface area (Å²) >= 11 is 0. The van der Waals surface area contributed by atoms with Crippen molar-refractivity contribution in [3.8, 4) is 22.9 Å². The minimum Gasteiger partial charge on any atom is -0.507 e. The number of aromatic nitrogens is 3. The van der Waals surface area contributed by atoms with Gasteiger partial charge in [-0.25, -0.2) is 4.98 Å². The Bertz CT molecular complexity index is 2260. The number of pyridine rings is 1. The molecule has 3 N–H and O–H groups in total. The monoisotopic (exact) mass is 743 g/mol. The number of para-hydroxylation sites is 1. The summed E-state index contributed by atoms with van der Waals surface area (Å²) in [6.07, 6.45) is 2.72. The molecule has 3 fully saturated rings. The fourth-order valence-corrected chi connectivity index (χ4v) is 8.58. The Morgan fingerprint density at radius 3 is 2.60 bits per heavy atom. The number of carbonyl (C=O) groups excluding carboxylic acids is 4. The molecule has 0 bridgehead atoms. The summed E-state index contributed by atoms with van der Waals surface area (Å²) < 4.78 is 6.50. The quantitative estimate of drug-likeness (QED) is 0.247. The SMILES string of the molecule is Cc1cc(C(=O)N2CCN(c3ccc4c(c3)C(=O)N([C@H]3CCC(=O)NC3=O)C4)CC2)cnc1OC1CN2c3cc(-c4ccccc4O)nnc3NC[C@]2(C)C1. The van der Waals surface area contributed by atoms with Gasteiger partial charge < -0.3 is 34.8 Å². The van der Waals surface area contributed by atoms with Crippen LogP contribution in [0.15, 0.2) is 60.8 Å². The number of benzene rings is 2. The number of piperidine rings is 1. The van der Waals surface area contributed by atoms with Crippen LogP contribution < -0.4 is 25.2 Å². The molecule has 282 valence electrons. The van der Waals surface area contributed by atoms with E-state index in [9.17, 15) is 24.3 Å². The predicted molar refractivity (Wildman–Crippen MR) is 202 cm³/mol. The second kappa shape index (κ2) is 13.2. The smallest absolute Gasteiger partial charge is 0.255 e. The second-order valence-electron chi connectivity index (χ2n) is 15.3. The Balaban J connectivity index is 0.824. The van der Waals surface area contributed by atoms with Crippen LogP contribution in [-0.2, 0) is 16.1 Å². The van der Waals surface area contributed by atoms with Crippen molar-refractivity contribution in [3.63, 3.8) is 0 Å². The second-order valence-corrected chi connectivity index (χ2v) is 15.3. The van der Waals surface area contributed by atoms with E-state index in [0.717, 1.165) is 28.9 Å². The maximum Gasteiger partial charge on any atom is 0.255 e. The van der Waals surface area contributed by atoms with E-state index in [2.05, 4.69) is 42.5 Å². The van der Waals surface area contributed by atoms with Crippen molar-refractivity contribution in [2.75, 3.05) is 54.4 Å². The van der Waals surface area contributed by atoms with Crippen LogP contribution in [0, 0.1) is 6.92 Å². The molecule has 0 spiro atoms. The number of phenols is 1. The van der Waals surface area contributed by atoms with Gasteiger partial charge in [0.15, 0.2) is 5.82 Å². The number of imide groups is 1. The van der Waals surface area contributed by atoms with Crippen molar-refractivity contribution >= 4 is 40.8 Å². The van der Waals surface area contributed by atoms with Gasteiger partial charge in [-0.15, -0.1) is 10.2 Å². The number of hydrogen-bond donors (Lipinski definition) is 3. The van der Waals surface area contributed by atoms with Crippen LogP contribution in [0.1, 0.15) is 58.0 Å². The number of amides is 4. The maximum absolute atomic E-state index is 13.6. The maximum atomic E-state index is 13.6. The highest BCUT2D eigenvalue weighted by Gasteiger charge is 2.47. The van der Waals surface area contributed by atoms with Crippen LogP contribution in [0.2, 0.25) is 0 Å². The summed E-state index contributed by atoms with van der Waals surface area (Å²) in [5, 5.41) is 25.0. The lowest BCUT2D eigenvalue weighted by atomic mass is 9.95. The Hall–Kier alpha value is -6.25. The summed E-state index contributed by atoms with van der Waals surface area (Å²) in [4.78, 5) is 63.5. The molecule has 4 aromatic rings. The van der Waals surface area contributed by atoms with Crippen LogP contribution in [0.25, 0.3) is 11.3 Å². The van der Waals surface area contributed by atoms with Crippen molar-refractivity contribution in [1.29, 1.82) is 0 Å². The predicted octanol–water partition coefficient (Wildman–Crippen LogP) is 3.12. The van der Waals surface area contributed by atoms with Gasteiger partial charge >= 0.3 is 0 Å². The number of aromatic hydroxyl groups is 1. The number of rotatable bonds is 6. The van der Waals surface area contributed by atoms with Crippen LogP contribution in [0.4, 0.5) is 17.2 Å². The van der Waals surface area contributed by atoms with E-state index in [1.165, 1.54) is 0 Å². The largest absolute Gasteiger partial charge is 0.507 e. The van der Waals surface area contributed by atoms with E-state index in [4.69, 9.17) is 4.74 Å². The molecule has 2 aromatic carbocycles. The molecule has 2 aromatic heterocycles. The minimum atomic E-state index is -0.652. The highest BCUT2D eigenvalue weighted by atomic mass is 16.5. The van der Waals surface area contributed by atoms with Gasteiger partial charge in [0.05, 0.1) is 29.0 Å². The zero-order valence-electron chi connectivity index (χ0n) is 30.6. The van der Waals surface area contributed by atoms with Crippen LogP contribution in [0.5, 0.6) is 11.6 Å². The lowest BCUT2D eigenvalue weighted by Gasteiger charge is -2.41. The molecule has 5 aliphatic rings. The van der Waals surface area contributed by atoms with Gasteiger partial charge in [-0.2, -0.15) is 0 Å². The summed E-state index contributed by atoms with van der Waals surface area (Å²) in [5.41, 5.74) is 5.47. The van der Waals surface area contributed by atoms with Gasteiger partial charge in [0.25, 0.3) is 11.8 Å². The molecule has 3 atom stereocenters. The molecule has 0 radical (unpaired) electrons. The third kappa shape index (κ3) is 6.12. The first kappa shape index (κ1) is 34.5. The minimum absolute atomic E-state index is 0.0969. The van der Waals surface area contributed by atoms with E-state index >= 15 is 0 Å². The summed E-state index contributed by atoms with van der Waals surface area (Å²) in [7, 11) is 0. The molecule has 3 saturated heterocycles. The molecule has 15 heteroatoms. The number of aryl methyl sites for hydroxylation is 1. The number of nitrogens with one attached hydrogen (secondary N) is 2. The molecule has 55 heavy (non-hydrogen) atoms. The summed E-state index contributed by atoms with van der Waals surface area (Å²) in [6, 6.07) is 16.0. The van der Waals surface area contributed by atoms with Crippen molar-refractivity contribution in [1.82, 2.24) is 30.3 Å². The number of hydrogen-bond acceptors (Lipinski definition) is 12. The molecule has 4 amide bonds. The van der Waals surface area contributed by atoms with E-state index in [-0.39, 0.29) is 41.5 Å². The number of piperazine rings is 1. The van der Waals surface area contributed by atoms with Crippen molar-refractivity contribution < 1.29 is 29.0 Å². The van der Waals surface area contributed by atoms with Crippen LogP contribution in [-0.4, -0.2) is 111 Å². The molecule has 5 aliphatic heterocycles. The first-order valence-corrected chi connectivity index (χ1v) is 18.7. The number of phenolic OH excluding ortho intramolecular Hbond substituents is 1. The molecule has 0 aliphatic carbocycles. The number of carbonyl (C=O) groups is 4. The Morgan fingerprint density at radius 1 is 1.00 bits per heavy atom. The third-order valence-electron chi connectivity index (χ3n) is 11.6. The molecule has 7 heterocycles. The molecular formula is C40H41N9O6. The van der Waals surface area contributed by atoms with Gasteiger partial charge in [0, 0.05) is 80.7 Å². The first-order valence-electron chi connectivity index (χ1n) is 18.7. The average molecular weight is 744 g/mol. The highest BCUT2D eigenvalue weighted by Crippen LogP contribution is 2.44. The third-order valence-corrected chi connectivity index (χ3v) is 11.6. The van der Waals surface area contributed by atoms with Crippen LogP contribution in [0.3, 0.4) is 0 Å². The normalized spacial score (nSPS) is 23.2. The lowest BCUT2D eigenvalue weighted by molar-refractivity contribution is -0.136.